The number of anilines is 1. The first-order valence-electron chi connectivity index (χ1n) is 8.35. The lowest BCUT2D eigenvalue weighted by Crippen LogP contribution is -2.19. The topological polar surface area (TPSA) is 55.3 Å². The van der Waals surface area contributed by atoms with Crippen LogP contribution in [0.15, 0.2) is 65.3 Å². The fourth-order valence-corrected chi connectivity index (χ4v) is 3.41. The number of nitrogen functional groups attached to an aromatic ring is 1. The molecular weight excluding hydrogens is 298 g/mol. The SMILES string of the molecule is Nc1cccc(-c2ccc(C3CCN(Cc4ccco4)C3)cc2)n1. The Morgan fingerprint density at radius 2 is 1.96 bits per heavy atom. The maximum Gasteiger partial charge on any atom is 0.124 e. The van der Waals surface area contributed by atoms with E-state index in [0.29, 0.717) is 11.7 Å². The molecule has 1 fully saturated rings. The van der Waals surface area contributed by atoms with Crippen LogP contribution in [0.3, 0.4) is 0 Å². The summed E-state index contributed by atoms with van der Waals surface area (Å²) in [6.45, 7) is 3.09. The van der Waals surface area contributed by atoms with Crippen molar-refractivity contribution < 1.29 is 4.42 Å². The minimum atomic E-state index is 0.556. The summed E-state index contributed by atoms with van der Waals surface area (Å²) in [5, 5.41) is 0. The number of aromatic nitrogens is 1. The third-order valence-electron chi connectivity index (χ3n) is 4.68. The van der Waals surface area contributed by atoms with Crippen molar-refractivity contribution in [2.24, 2.45) is 0 Å². The van der Waals surface area contributed by atoms with Crippen molar-refractivity contribution in [3.8, 4) is 11.3 Å². The van der Waals surface area contributed by atoms with E-state index in [1.807, 2.05) is 30.3 Å². The zero-order valence-corrected chi connectivity index (χ0v) is 13.6. The van der Waals surface area contributed by atoms with Crippen molar-refractivity contribution in [3.63, 3.8) is 0 Å². The molecule has 1 unspecified atom stereocenters. The van der Waals surface area contributed by atoms with Gasteiger partial charge in [-0.05, 0) is 48.7 Å². The van der Waals surface area contributed by atoms with E-state index < -0.39 is 0 Å². The van der Waals surface area contributed by atoms with E-state index in [0.717, 1.165) is 36.7 Å². The highest BCUT2D eigenvalue weighted by molar-refractivity contribution is 5.61. The lowest BCUT2D eigenvalue weighted by Gasteiger charge is -2.15. The second-order valence-electron chi connectivity index (χ2n) is 6.37. The van der Waals surface area contributed by atoms with E-state index in [9.17, 15) is 0 Å². The molecule has 4 heteroatoms. The Labute approximate surface area is 141 Å². The molecule has 0 saturated carbocycles. The van der Waals surface area contributed by atoms with Crippen LogP contribution in [0.5, 0.6) is 0 Å². The van der Waals surface area contributed by atoms with Crippen molar-refractivity contribution >= 4 is 5.82 Å². The van der Waals surface area contributed by atoms with Crippen molar-refractivity contribution in [1.82, 2.24) is 9.88 Å². The predicted octanol–water partition coefficient (Wildman–Crippen LogP) is 3.91. The van der Waals surface area contributed by atoms with Crippen molar-refractivity contribution in [2.45, 2.75) is 18.9 Å². The largest absolute Gasteiger partial charge is 0.468 e. The van der Waals surface area contributed by atoms with E-state index in [1.165, 1.54) is 12.0 Å². The molecule has 0 radical (unpaired) electrons. The Kier molecular flexibility index (Phi) is 4.05. The van der Waals surface area contributed by atoms with Gasteiger partial charge in [-0.1, -0.05) is 30.3 Å². The smallest absolute Gasteiger partial charge is 0.124 e. The van der Waals surface area contributed by atoms with E-state index in [1.54, 1.807) is 6.26 Å². The highest BCUT2D eigenvalue weighted by Crippen LogP contribution is 2.29. The number of pyridine rings is 1. The molecule has 3 aromatic rings. The Hall–Kier alpha value is -2.59. The molecule has 0 bridgehead atoms. The van der Waals surface area contributed by atoms with Crippen LogP contribution in [-0.2, 0) is 6.54 Å². The number of benzene rings is 1. The van der Waals surface area contributed by atoms with Crippen molar-refractivity contribution in [3.05, 3.63) is 72.2 Å². The standard InChI is InChI=1S/C20H21N3O/c21-20-5-1-4-19(22-20)16-8-6-15(7-9-16)17-10-11-23(13-17)14-18-3-2-12-24-18/h1-9,12,17H,10-11,13-14H2,(H2,21,22). The van der Waals surface area contributed by atoms with Gasteiger partial charge in [0.1, 0.15) is 11.6 Å². The molecule has 1 saturated heterocycles. The van der Waals surface area contributed by atoms with Crippen LogP contribution < -0.4 is 5.73 Å². The molecule has 1 atom stereocenters. The van der Waals surface area contributed by atoms with Gasteiger partial charge in [-0.25, -0.2) is 4.98 Å². The normalized spacial score (nSPS) is 18.1. The molecule has 122 valence electrons. The highest BCUT2D eigenvalue weighted by atomic mass is 16.3. The van der Waals surface area contributed by atoms with E-state index in [2.05, 4.69) is 34.1 Å². The van der Waals surface area contributed by atoms with Gasteiger partial charge in [0.15, 0.2) is 0 Å². The van der Waals surface area contributed by atoms with E-state index >= 15 is 0 Å². The molecule has 24 heavy (non-hydrogen) atoms. The zero-order valence-electron chi connectivity index (χ0n) is 13.6. The number of likely N-dealkylation sites (tertiary alicyclic amines) is 1. The monoisotopic (exact) mass is 319 g/mol. The van der Waals surface area contributed by atoms with Gasteiger partial charge in [0.05, 0.1) is 18.5 Å². The first-order valence-corrected chi connectivity index (χ1v) is 8.35. The first-order chi connectivity index (χ1) is 11.8. The highest BCUT2D eigenvalue weighted by Gasteiger charge is 2.24. The summed E-state index contributed by atoms with van der Waals surface area (Å²) in [4.78, 5) is 6.84. The summed E-state index contributed by atoms with van der Waals surface area (Å²) in [5.74, 6) is 2.18. The number of rotatable bonds is 4. The summed E-state index contributed by atoms with van der Waals surface area (Å²) in [7, 11) is 0. The molecule has 4 rings (SSSR count). The van der Waals surface area contributed by atoms with Crippen LogP contribution in [0.25, 0.3) is 11.3 Å². The molecule has 3 heterocycles. The van der Waals surface area contributed by atoms with Gasteiger partial charge in [0.2, 0.25) is 0 Å². The summed E-state index contributed by atoms with van der Waals surface area (Å²) in [5.41, 5.74) is 9.20. The number of nitrogens with zero attached hydrogens (tertiary/aromatic N) is 2. The van der Waals surface area contributed by atoms with Crippen molar-refractivity contribution in [1.29, 1.82) is 0 Å². The zero-order chi connectivity index (χ0) is 16.4. The number of hydrogen-bond donors (Lipinski definition) is 1. The fourth-order valence-electron chi connectivity index (χ4n) is 3.41. The lowest BCUT2D eigenvalue weighted by molar-refractivity contribution is 0.294. The molecule has 2 N–H and O–H groups in total. The van der Waals surface area contributed by atoms with Gasteiger partial charge >= 0.3 is 0 Å². The molecule has 0 spiro atoms. The quantitative estimate of drug-likeness (QED) is 0.792. The first kappa shape index (κ1) is 15.0. The minimum absolute atomic E-state index is 0.556. The predicted molar refractivity (Wildman–Crippen MR) is 95.4 cm³/mol. The van der Waals surface area contributed by atoms with Crippen LogP contribution in [0, 0.1) is 0 Å². The van der Waals surface area contributed by atoms with Crippen LogP contribution in [0.2, 0.25) is 0 Å². The van der Waals surface area contributed by atoms with Crippen LogP contribution in [0.1, 0.15) is 23.7 Å². The minimum Gasteiger partial charge on any atom is -0.468 e. The van der Waals surface area contributed by atoms with Gasteiger partial charge in [0, 0.05) is 12.1 Å². The molecule has 1 aliphatic heterocycles. The second kappa shape index (κ2) is 6.49. The maximum atomic E-state index is 5.77. The fraction of sp³-hybridized carbons (Fsp3) is 0.250. The van der Waals surface area contributed by atoms with Crippen molar-refractivity contribution in [2.75, 3.05) is 18.8 Å². The van der Waals surface area contributed by atoms with E-state index in [-0.39, 0.29) is 0 Å². The van der Waals surface area contributed by atoms with Crippen LogP contribution in [-0.4, -0.2) is 23.0 Å². The summed E-state index contributed by atoms with van der Waals surface area (Å²) >= 11 is 0. The second-order valence-corrected chi connectivity index (χ2v) is 6.37. The van der Waals surface area contributed by atoms with E-state index in [4.69, 9.17) is 10.2 Å². The Bertz CT molecular complexity index is 796. The summed E-state index contributed by atoms with van der Waals surface area (Å²) < 4.78 is 5.45. The third-order valence-corrected chi connectivity index (χ3v) is 4.68. The molecule has 1 aromatic carbocycles. The Morgan fingerprint density at radius 3 is 2.71 bits per heavy atom. The van der Waals surface area contributed by atoms with Gasteiger partial charge < -0.3 is 10.2 Å². The van der Waals surface area contributed by atoms with Gasteiger partial charge in [-0.15, -0.1) is 0 Å². The van der Waals surface area contributed by atoms with Crippen LogP contribution >= 0.6 is 0 Å². The summed E-state index contributed by atoms with van der Waals surface area (Å²) in [6.07, 6.45) is 2.93. The van der Waals surface area contributed by atoms with Gasteiger partial charge in [0.25, 0.3) is 0 Å². The van der Waals surface area contributed by atoms with Crippen LogP contribution in [0.4, 0.5) is 5.82 Å². The molecular formula is C20H21N3O. The Morgan fingerprint density at radius 1 is 1.08 bits per heavy atom. The number of furan rings is 1. The molecule has 0 aliphatic carbocycles. The third kappa shape index (κ3) is 3.19. The molecule has 0 amide bonds. The average Bonchev–Trinajstić information content (AvgIpc) is 3.28. The van der Waals surface area contributed by atoms with Gasteiger partial charge in [-0.3, -0.25) is 4.90 Å². The molecule has 2 aromatic heterocycles. The number of hydrogen-bond acceptors (Lipinski definition) is 4. The average molecular weight is 319 g/mol. The summed E-state index contributed by atoms with van der Waals surface area (Å²) in [6, 6.07) is 18.5. The number of nitrogens with two attached hydrogens (primary N) is 1. The molecule has 4 nitrogen and oxygen atoms in total. The Balaban J connectivity index is 1.44. The lowest BCUT2D eigenvalue weighted by atomic mass is 9.96. The molecule has 1 aliphatic rings. The van der Waals surface area contributed by atoms with Gasteiger partial charge in [-0.2, -0.15) is 0 Å². The maximum absolute atomic E-state index is 5.77.